The number of nitrogens with zero attached hydrogens (tertiary/aromatic N) is 1. The number of nitrogens with one attached hydrogen (secondary N) is 2. The highest BCUT2D eigenvalue weighted by molar-refractivity contribution is 8.02. The molecular formula is C34H45N3O5S. The summed E-state index contributed by atoms with van der Waals surface area (Å²) in [5, 5.41) is 16.9. The second-order valence-corrected chi connectivity index (χ2v) is 15.6. The molecule has 0 radical (unpaired) electrons. The highest BCUT2D eigenvalue weighted by atomic mass is 32.2. The number of anilines is 1. The van der Waals surface area contributed by atoms with E-state index in [4.69, 9.17) is 4.74 Å². The zero-order chi connectivity index (χ0) is 31.2. The molecule has 3 heterocycles. The maximum absolute atomic E-state index is 14.6. The van der Waals surface area contributed by atoms with Crippen LogP contribution in [0.3, 0.4) is 0 Å². The Morgan fingerprint density at radius 2 is 1.74 bits per heavy atom. The number of carbonyl (C=O) groups excluding carboxylic acids is 3. The van der Waals surface area contributed by atoms with Crippen molar-refractivity contribution in [1.29, 1.82) is 0 Å². The molecule has 8 nitrogen and oxygen atoms in total. The molecular weight excluding hydrogens is 562 g/mol. The first-order chi connectivity index (χ1) is 20.3. The van der Waals surface area contributed by atoms with Crippen molar-refractivity contribution in [2.75, 3.05) is 18.5 Å². The van der Waals surface area contributed by atoms with Gasteiger partial charge in [-0.15, -0.1) is 11.8 Å². The number of thioether (sulfide) groups is 1. The molecule has 1 spiro atoms. The second kappa shape index (κ2) is 11.8. The second-order valence-electron chi connectivity index (χ2n) is 14.0. The molecule has 232 valence electrons. The quantitative estimate of drug-likeness (QED) is 0.344. The Bertz CT molecular complexity index is 1340. The van der Waals surface area contributed by atoms with Crippen molar-refractivity contribution in [1.82, 2.24) is 10.2 Å². The largest absolute Gasteiger partial charge is 0.494 e. The van der Waals surface area contributed by atoms with Crippen LogP contribution in [-0.2, 0) is 14.4 Å². The molecule has 2 bridgehead atoms. The Balaban J connectivity index is 1.50. The number of ether oxygens (including phenoxy) is 1. The van der Waals surface area contributed by atoms with E-state index in [9.17, 15) is 19.5 Å². The molecule has 3 fully saturated rings. The zero-order valence-corrected chi connectivity index (χ0v) is 26.9. The highest BCUT2D eigenvalue weighted by Crippen LogP contribution is 2.67. The van der Waals surface area contributed by atoms with E-state index in [0.29, 0.717) is 18.7 Å². The van der Waals surface area contributed by atoms with Gasteiger partial charge in [0.1, 0.15) is 11.8 Å². The van der Waals surface area contributed by atoms with Crippen LogP contribution in [0.25, 0.3) is 0 Å². The van der Waals surface area contributed by atoms with Crippen molar-refractivity contribution in [2.45, 2.75) is 88.4 Å². The Labute approximate surface area is 259 Å². The summed E-state index contributed by atoms with van der Waals surface area (Å²) in [4.78, 5) is 44.5. The van der Waals surface area contributed by atoms with Gasteiger partial charge in [0, 0.05) is 16.5 Å². The lowest BCUT2D eigenvalue weighted by Crippen LogP contribution is -2.58. The fraction of sp³-hybridized carbons (Fsp3) is 0.559. The van der Waals surface area contributed by atoms with Crippen LogP contribution in [0.1, 0.15) is 72.4 Å². The average Bonchev–Trinajstić information content (AvgIpc) is 3.57. The van der Waals surface area contributed by atoms with E-state index in [1.807, 2.05) is 63.2 Å². The number of aliphatic hydroxyl groups is 1. The van der Waals surface area contributed by atoms with Gasteiger partial charge in [-0.3, -0.25) is 14.4 Å². The van der Waals surface area contributed by atoms with E-state index in [1.54, 1.807) is 28.8 Å². The summed E-state index contributed by atoms with van der Waals surface area (Å²) >= 11 is 1.63. The first kappa shape index (κ1) is 31.4. The molecule has 9 heteroatoms. The molecule has 6 atom stereocenters. The van der Waals surface area contributed by atoms with Crippen LogP contribution in [0, 0.1) is 17.3 Å². The molecule has 2 aromatic carbocycles. The number of hydrogen-bond acceptors (Lipinski definition) is 6. The van der Waals surface area contributed by atoms with Crippen LogP contribution < -0.4 is 15.4 Å². The number of hydrogen-bond donors (Lipinski definition) is 3. The van der Waals surface area contributed by atoms with E-state index >= 15 is 0 Å². The predicted molar refractivity (Wildman–Crippen MR) is 170 cm³/mol. The fourth-order valence-electron chi connectivity index (χ4n) is 7.85. The molecule has 3 aliphatic heterocycles. The standard InChI is InChI=1S/C34H45N3O5S/c1-7-42-23-15-13-22(14-16-23)35-29(39)26-25-17-18-34(43-25)27(26)31(41)37(24(19-38)21-11-9-8-10-12-21)28(34)30(40)36-33(5,6)20-32(2,3)4/h8-16,24-28,38H,7,17-20H2,1-6H3,(H,35,39)(H,36,40)/t24-,25-,26+,27+,28?,34?/m1/s1. The molecule has 3 aliphatic rings. The molecule has 0 aliphatic carbocycles. The molecule has 5 rings (SSSR count). The summed E-state index contributed by atoms with van der Waals surface area (Å²) in [6, 6.07) is 15.1. The van der Waals surface area contributed by atoms with Gasteiger partial charge in [-0.2, -0.15) is 0 Å². The van der Waals surface area contributed by atoms with Gasteiger partial charge >= 0.3 is 0 Å². The SMILES string of the molecule is CCOc1ccc(NC(=O)[C@@H]2[C@H]3C(=O)N([C@H](CO)c4ccccc4)C(C(=O)NC(C)(C)CC(C)(C)C)C34CC[C@H]2S4)cc1. The van der Waals surface area contributed by atoms with Crippen molar-refractivity contribution < 1.29 is 24.2 Å². The summed E-state index contributed by atoms with van der Waals surface area (Å²) in [6.07, 6.45) is 2.15. The third kappa shape index (κ3) is 6.03. The minimum absolute atomic E-state index is 0.0227. The fourth-order valence-corrected chi connectivity index (χ4v) is 10.1. The van der Waals surface area contributed by atoms with Gasteiger partial charge in [0.05, 0.1) is 35.8 Å². The van der Waals surface area contributed by atoms with Crippen LogP contribution in [0.15, 0.2) is 54.6 Å². The average molecular weight is 608 g/mol. The van der Waals surface area contributed by atoms with E-state index in [1.165, 1.54) is 0 Å². The lowest BCUT2D eigenvalue weighted by Gasteiger charge is -2.40. The van der Waals surface area contributed by atoms with Crippen LogP contribution in [-0.4, -0.2) is 62.5 Å². The van der Waals surface area contributed by atoms with Gasteiger partial charge in [-0.25, -0.2) is 0 Å². The Hall–Kier alpha value is -3.04. The number of fused-ring (bicyclic) bond motifs is 1. The molecule has 0 saturated carbocycles. The topological polar surface area (TPSA) is 108 Å². The lowest BCUT2D eigenvalue weighted by molar-refractivity contribution is -0.142. The highest BCUT2D eigenvalue weighted by Gasteiger charge is 2.74. The number of carbonyl (C=O) groups is 3. The van der Waals surface area contributed by atoms with Gasteiger partial charge in [-0.05, 0) is 75.3 Å². The Kier molecular flexibility index (Phi) is 8.62. The molecule has 43 heavy (non-hydrogen) atoms. The Morgan fingerprint density at radius 1 is 1.07 bits per heavy atom. The monoisotopic (exact) mass is 607 g/mol. The number of likely N-dealkylation sites (tertiary alicyclic amines) is 1. The van der Waals surface area contributed by atoms with Gasteiger partial charge < -0.3 is 25.4 Å². The summed E-state index contributed by atoms with van der Waals surface area (Å²) in [7, 11) is 0. The van der Waals surface area contributed by atoms with Gasteiger partial charge in [0.15, 0.2) is 0 Å². The van der Waals surface area contributed by atoms with Crippen LogP contribution in [0.5, 0.6) is 5.75 Å². The van der Waals surface area contributed by atoms with E-state index in [0.717, 1.165) is 24.2 Å². The van der Waals surface area contributed by atoms with E-state index in [2.05, 4.69) is 31.4 Å². The maximum atomic E-state index is 14.6. The number of amides is 3. The summed E-state index contributed by atoms with van der Waals surface area (Å²) in [6.45, 7) is 12.6. The zero-order valence-electron chi connectivity index (χ0n) is 26.1. The van der Waals surface area contributed by atoms with Crippen molar-refractivity contribution in [2.24, 2.45) is 17.3 Å². The third-order valence-electron chi connectivity index (χ3n) is 8.85. The normalized spacial score (nSPS) is 27.1. The third-order valence-corrected chi connectivity index (χ3v) is 10.8. The lowest BCUT2D eigenvalue weighted by atomic mass is 9.70. The predicted octanol–water partition coefficient (Wildman–Crippen LogP) is 5.18. The smallest absolute Gasteiger partial charge is 0.244 e. The minimum atomic E-state index is -0.820. The van der Waals surface area contributed by atoms with Crippen molar-refractivity contribution in [3.63, 3.8) is 0 Å². The van der Waals surface area contributed by atoms with Gasteiger partial charge in [0.25, 0.3) is 0 Å². The van der Waals surface area contributed by atoms with Crippen LogP contribution in [0.2, 0.25) is 0 Å². The van der Waals surface area contributed by atoms with Crippen molar-refractivity contribution in [3.8, 4) is 5.75 Å². The molecule has 3 amide bonds. The number of benzene rings is 2. The maximum Gasteiger partial charge on any atom is 0.244 e. The number of rotatable bonds is 10. The molecule has 2 aromatic rings. The summed E-state index contributed by atoms with van der Waals surface area (Å²) in [5.41, 5.74) is 0.849. The minimum Gasteiger partial charge on any atom is -0.494 e. The Morgan fingerprint density at radius 3 is 2.35 bits per heavy atom. The van der Waals surface area contributed by atoms with Crippen LogP contribution >= 0.6 is 11.8 Å². The summed E-state index contributed by atoms with van der Waals surface area (Å²) in [5.74, 6) is -1.21. The van der Waals surface area contributed by atoms with Crippen LogP contribution in [0.4, 0.5) is 5.69 Å². The molecule has 3 N–H and O–H groups in total. The number of aliphatic hydroxyl groups excluding tert-OH is 1. The van der Waals surface area contributed by atoms with E-state index in [-0.39, 0.29) is 35.0 Å². The van der Waals surface area contributed by atoms with Crippen molar-refractivity contribution >= 4 is 35.2 Å². The van der Waals surface area contributed by atoms with Gasteiger partial charge in [-0.1, -0.05) is 51.1 Å². The molecule has 0 aromatic heterocycles. The first-order valence-electron chi connectivity index (χ1n) is 15.3. The molecule has 3 saturated heterocycles. The summed E-state index contributed by atoms with van der Waals surface area (Å²) < 4.78 is 4.77. The first-order valence-corrected chi connectivity index (χ1v) is 16.2. The molecule has 2 unspecified atom stereocenters. The van der Waals surface area contributed by atoms with E-state index < -0.39 is 34.2 Å². The van der Waals surface area contributed by atoms with Gasteiger partial charge in [0.2, 0.25) is 17.7 Å². The van der Waals surface area contributed by atoms with Crippen molar-refractivity contribution in [3.05, 3.63) is 60.2 Å².